The molecule has 2 N–H and O–H groups in total. The molecule has 1 amide bonds. The minimum absolute atomic E-state index is 0.0574. The molecule has 0 unspecified atom stereocenters. The Balaban J connectivity index is 1.70. The molecule has 0 saturated carbocycles. The van der Waals surface area contributed by atoms with E-state index in [4.69, 9.17) is 9.15 Å². The highest BCUT2D eigenvalue weighted by Gasteiger charge is 2.21. The van der Waals surface area contributed by atoms with Crippen LogP contribution in [0.5, 0.6) is 0 Å². The Morgan fingerprint density at radius 3 is 2.59 bits per heavy atom. The number of carbonyl (C=O) groups is 2. The number of thiophene rings is 1. The number of carbonyl (C=O) groups excluding carboxylic acids is 2. The lowest BCUT2D eigenvalue weighted by Crippen LogP contribution is -2.31. The topological polar surface area (TPSA) is 80.6 Å². The van der Waals surface area contributed by atoms with Crippen LogP contribution in [0, 0.1) is 0 Å². The van der Waals surface area contributed by atoms with E-state index in [1.165, 1.54) is 11.3 Å². The van der Waals surface area contributed by atoms with Gasteiger partial charge in [-0.15, -0.1) is 11.3 Å². The molecule has 2 heterocycles. The average molecular weight is 413 g/mol. The maximum atomic E-state index is 12.6. The molecule has 0 saturated heterocycles. The first-order chi connectivity index (χ1) is 14.1. The average Bonchev–Trinajstić information content (AvgIpc) is 3.39. The predicted molar refractivity (Wildman–Crippen MR) is 113 cm³/mol. The molecule has 0 spiro atoms. The smallest absolute Gasteiger partial charge is 0.341 e. The summed E-state index contributed by atoms with van der Waals surface area (Å²) in [5.41, 5.74) is 1.39. The first-order valence-electron chi connectivity index (χ1n) is 9.53. The molecule has 6 nitrogen and oxygen atoms in total. The number of benzene rings is 1. The standard InChI is InChI=1S/C22H24N2O4S/c1-3-16-13-17(22(26)27-4-2)21(29-16)24-19(25)14-23-20(18-11-8-12-28-18)15-9-6-5-7-10-15/h5-13,20,23H,3-4,14H2,1-2H3,(H,24,25)/t20-/m1/s1. The van der Waals surface area contributed by atoms with Gasteiger partial charge in [-0.3, -0.25) is 10.1 Å². The van der Waals surface area contributed by atoms with Crippen LogP contribution in [0.2, 0.25) is 0 Å². The van der Waals surface area contributed by atoms with Crippen LogP contribution in [0.25, 0.3) is 0 Å². The van der Waals surface area contributed by atoms with E-state index in [9.17, 15) is 9.59 Å². The SMILES string of the molecule is CCOC(=O)c1cc(CC)sc1NC(=O)CN[C@H](c1ccccc1)c1ccco1. The predicted octanol–water partition coefficient (Wildman–Crippen LogP) is 4.40. The Kier molecular flexibility index (Phi) is 7.21. The number of esters is 1. The number of hydrogen-bond acceptors (Lipinski definition) is 6. The van der Waals surface area contributed by atoms with Crippen LogP contribution in [-0.4, -0.2) is 25.0 Å². The Bertz CT molecular complexity index is 935. The van der Waals surface area contributed by atoms with E-state index >= 15 is 0 Å². The molecule has 1 aromatic carbocycles. The largest absolute Gasteiger partial charge is 0.467 e. The van der Waals surface area contributed by atoms with Gasteiger partial charge in [0.15, 0.2) is 0 Å². The number of rotatable bonds is 9. The normalized spacial score (nSPS) is 11.8. The van der Waals surface area contributed by atoms with Gasteiger partial charge in [0.05, 0.1) is 31.0 Å². The third-order valence-electron chi connectivity index (χ3n) is 4.31. The van der Waals surface area contributed by atoms with Gasteiger partial charge in [0.1, 0.15) is 10.8 Å². The number of furan rings is 1. The quantitative estimate of drug-likeness (QED) is 0.509. The Labute approximate surface area is 173 Å². The van der Waals surface area contributed by atoms with Gasteiger partial charge in [0.25, 0.3) is 0 Å². The van der Waals surface area contributed by atoms with Crippen LogP contribution in [0.4, 0.5) is 5.00 Å². The van der Waals surface area contributed by atoms with Crippen LogP contribution >= 0.6 is 11.3 Å². The summed E-state index contributed by atoms with van der Waals surface area (Å²) in [6.45, 7) is 4.10. The van der Waals surface area contributed by atoms with Crippen LogP contribution in [0.3, 0.4) is 0 Å². The zero-order chi connectivity index (χ0) is 20.6. The van der Waals surface area contributed by atoms with E-state index in [1.54, 1.807) is 19.3 Å². The van der Waals surface area contributed by atoms with E-state index in [2.05, 4.69) is 10.6 Å². The van der Waals surface area contributed by atoms with E-state index in [1.807, 2.05) is 49.4 Å². The molecule has 0 radical (unpaired) electrons. The molecule has 0 bridgehead atoms. The third kappa shape index (κ3) is 5.34. The van der Waals surface area contributed by atoms with Crippen molar-refractivity contribution in [3.8, 4) is 0 Å². The molecule has 29 heavy (non-hydrogen) atoms. The Hall–Kier alpha value is -2.90. The van der Waals surface area contributed by atoms with Crippen molar-refractivity contribution in [3.63, 3.8) is 0 Å². The van der Waals surface area contributed by atoms with Crippen LogP contribution in [-0.2, 0) is 16.0 Å². The fraction of sp³-hybridized carbons (Fsp3) is 0.273. The van der Waals surface area contributed by atoms with Gasteiger partial charge in [-0.25, -0.2) is 4.79 Å². The summed E-state index contributed by atoms with van der Waals surface area (Å²) in [5.74, 6) is 0.0533. The van der Waals surface area contributed by atoms with E-state index in [0.29, 0.717) is 10.6 Å². The molecule has 1 atom stereocenters. The molecule has 0 fully saturated rings. The second-order valence-corrected chi connectivity index (χ2v) is 7.45. The molecule has 3 rings (SSSR count). The van der Waals surface area contributed by atoms with Gasteiger partial charge in [0, 0.05) is 4.88 Å². The number of aryl methyl sites for hydroxylation is 1. The molecule has 152 valence electrons. The second-order valence-electron chi connectivity index (χ2n) is 6.32. The van der Waals surface area contributed by atoms with E-state index in [0.717, 1.165) is 22.6 Å². The molecule has 0 aliphatic heterocycles. The van der Waals surface area contributed by atoms with Crippen molar-refractivity contribution >= 4 is 28.2 Å². The van der Waals surface area contributed by atoms with Gasteiger partial charge in [0.2, 0.25) is 5.91 Å². The zero-order valence-electron chi connectivity index (χ0n) is 16.4. The van der Waals surface area contributed by atoms with Crippen LogP contribution in [0.15, 0.2) is 59.2 Å². The summed E-state index contributed by atoms with van der Waals surface area (Å²) in [6.07, 6.45) is 2.39. The van der Waals surface area contributed by atoms with Crippen molar-refractivity contribution in [3.05, 3.63) is 76.6 Å². The first-order valence-corrected chi connectivity index (χ1v) is 10.3. The van der Waals surface area contributed by atoms with Crippen LogP contribution < -0.4 is 10.6 Å². The van der Waals surface area contributed by atoms with Crippen molar-refractivity contribution in [2.75, 3.05) is 18.5 Å². The van der Waals surface area contributed by atoms with Crippen molar-refractivity contribution in [1.29, 1.82) is 0 Å². The molecule has 2 aromatic heterocycles. The lowest BCUT2D eigenvalue weighted by atomic mass is 10.0. The summed E-state index contributed by atoms with van der Waals surface area (Å²) in [7, 11) is 0. The van der Waals surface area contributed by atoms with Gasteiger partial charge in [-0.1, -0.05) is 37.3 Å². The van der Waals surface area contributed by atoms with Crippen molar-refractivity contribution < 1.29 is 18.7 Å². The highest BCUT2D eigenvalue weighted by atomic mass is 32.1. The maximum Gasteiger partial charge on any atom is 0.341 e. The number of nitrogens with one attached hydrogen (secondary N) is 2. The van der Waals surface area contributed by atoms with Gasteiger partial charge in [-0.2, -0.15) is 0 Å². The Morgan fingerprint density at radius 1 is 1.14 bits per heavy atom. The highest BCUT2D eigenvalue weighted by molar-refractivity contribution is 7.16. The fourth-order valence-corrected chi connectivity index (χ4v) is 3.92. The van der Waals surface area contributed by atoms with Crippen molar-refractivity contribution in [2.45, 2.75) is 26.3 Å². The third-order valence-corrected chi connectivity index (χ3v) is 5.50. The molecule has 7 heteroatoms. The number of amides is 1. The summed E-state index contributed by atoms with van der Waals surface area (Å²) < 4.78 is 10.6. The fourth-order valence-electron chi connectivity index (χ4n) is 2.92. The monoisotopic (exact) mass is 412 g/mol. The molecule has 0 aliphatic carbocycles. The molecular weight excluding hydrogens is 388 g/mol. The molecular formula is C22H24N2O4S. The lowest BCUT2D eigenvalue weighted by molar-refractivity contribution is -0.115. The maximum absolute atomic E-state index is 12.6. The second kappa shape index (κ2) is 10.0. The zero-order valence-corrected chi connectivity index (χ0v) is 17.3. The van der Waals surface area contributed by atoms with Gasteiger partial charge in [-0.05, 0) is 37.1 Å². The minimum Gasteiger partial charge on any atom is -0.467 e. The number of anilines is 1. The molecule has 3 aromatic rings. The summed E-state index contributed by atoms with van der Waals surface area (Å²) in [4.78, 5) is 25.8. The van der Waals surface area contributed by atoms with Crippen LogP contribution in [0.1, 0.15) is 46.4 Å². The van der Waals surface area contributed by atoms with E-state index < -0.39 is 5.97 Å². The van der Waals surface area contributed by atoms with Gasteiger partial charge < -0.3 is 14.5 Å². The summed E-state index contributed by atoms with van der Waals surface area (Å²) >= 11 is 1.39. The Morgan fingerprint density at radius 2 is 1.93 bits per heavy atom. The van der Waals surface area contributed by atoms with Crippen molar-refractivity contribution in [2.24, 2.45) is 0 Å². The van der Waals surface area contributed by atoms with E-state index in [-0.39, 0.29) is 25.1 Å². The summed E-state index contributed by atoms with van der Waals surface area (Å²) in [6, 6.07) is 15.0. The van der Waals surface area contributed by atoms with Crippen molar-refractivity contribution in [1.82, 2.24) is 5.32 Å². The molecule has 0 aliphatic rings. The number of hydrogen-bond donors (Lipinski definition) is 2. The first kappa shape index (κ1) is 20.8. The highest BCUT2D eigenvalue weighted by Crippen LogP contribution is 2.29. The summed E-state index contributed by atoms with van der Waals surface area (Å²) in [5, 5.41) is 6.59. The number of ether oxygens (including phenoxy) is 1. The lowest BCUT2D eigenvalue weighted by Gasteiger charge is -2.17. The minimum atomic E-state index is -0.426. The van der Waals surface area contributed by atoms with Gasteiger partial charge >= 0.3 is 5.97 Å².